The van der Waals surface area contributed by atoms with Gasteiger partial charge in [-0.1, -0.05) is 30.3 Å². The second-order valence-electron chi connectivity index (χ2n) is 4.08. The number of rotatable bonds is 7. The van der Waals surface area contributed by atoms with Crippen molar-refractivity contribution in [2.24, 2.45) is 0 Å². The molecule has 2 N–H and O–H groups in total. The van der Waals surface area contributed by atoms with Gasteiger partial charge in [-0.05, 0) is 18.9 Å². The monoisotopic (exact) mass is 259 g/mol. The van der Waals surface area contributed by atoms with E-state index in [1.165, 1.54) is 5.56 Å². The van der Waals surface area contributed by atoms with Crippen LogP contribution in [0.2, 0.25) is 0 Å². The smallest absolute Gasteiger partial charge is 0.155 e. The summed E-state index contributed by atoms with van der Waals surface area (Å²) >= 11 is -2.06. The molecule has 0 aliphatic carbocycles. The lowest BCUT2D eigenvalue weighted by Gasteiger charge is -2.15. The highest BCUT2D eigenvalue weighted by Crippen LogP contribution is 2.03. The topological polar surface area (TPSA) is 49.3 Å². The van der Waals surface area contributed by atoms with Crippen molar-refractivity contribution < 1.29 is 13.2 Å². The van der Waals surface area contributed by atoms with Crippen molar-refractivity contribution in [2.45, 2.75) is 25.6 Å². The zero-order valence-corrected chi connectivity index (χ0v) is 10.6. The maximum atomic E-state index is 13.1. The van der Waals surface area contributed by atoms with Crippen LogP contribution < -0.4 is 5.32 Å². The Bertz CT molecular complexity index is 348. The van der Waals surface area contributed by atoms with E-state index in [9.17, 15) is 8.60 Å². The molecule has 0 aliphatic rings. The fourth-order valence-electron chi connectivity index (χ4n) is 1.58. The predicted molar refractivity (Wildman–Crippen MR) is 68.1 cm³/mol. The molecule has 1 aromatic rings. The first-order chi connectivity index (χ1) is 8.08. The molecule has 0 spiro atoms. The fraction of sp³-hybridized carbons (Fsp3) is 0.500. The maximum absolute atomic E-state index is 13.1. The van der Waals surface area contributed by atoms with Gasteiger partial charge in [-0.25, -0.2) is 8.60 Å². The highest BCUT2D eigenvalue weighted by Gasteiger charge is 2.11. The average molecular weight is 259 g/mol. The Morgan fingerprint density at radius 2 is 2.06 bits per heavy atom. The minimum atomic E-state index is -2.06. The van der Waals surface area contributed by atoms with E-state index >= 15 is 0 Å². The largest absolute Gasteiger partial charge is 0.311 e. The molecule has 3 unspecified atom stereocenters. The Hall–Kier alpha value is -0.780. The minimum Gasteiger partial charge on any atom is -0.311 e. The zero-order valence-electron chi connectivity index (χ0n) is 9.80. The molecule has 0 aliphatic heterocycles. The first-order valence-corrected chi connectivity index (χ1v) is 6.84. The second-order valence-corrected chi connectivity index (χ2v) is 5.06. The molecule has 0 aromatic heterocycles. The Morgan fingerprint density at radius 1 is 1.41 bits per heavy atom. The van der Waals surface area contributed by atoms with Gasteiger partial charge < -0.3 is 9.87 Å². The normalized spacial score (nSPS) is 16.4. The lowest BCUT2D eigenvalue weighted by Crippen LogP contribution is -2.35. The Kier molecular flexibility index (Phi) is 6.32. The van der Waals surface area contributed by atoms with Gasteiger partial charge in [-0.3, -0.25) is 0 Å². The number of alkyl halides is 1. The molecule has 17 heavy (non-hydrogen) atoms. The molecule has 3 nitrogen and oxygen atoms in total. The molecular formula is C12H18FNO2S. The highest BCUT2D eigenvalue weighted by molar-refractivity contribution is 7.79. The summed E-state index contributed by atoms with van der Waals surface area (Å²) in [5.41, 5.74) is 1.19. The standard InChI is InChI=1S/C12H18FNO2S/c1-10(7-11-5-3-2-4-6-11)14-8-12(13)9-17(15)16/h2-6,10,12,14H,7-9H2,1H3,(H,15,16). The van der Waals surface area contributed by atoms with Crippen molar-refractivity contribution in [3.05, 3.63) is 35.9 Å². The van der Waals surface area contributed by atoms with Gasteiger partial charge >= 0.3 is 0 Å². The molecule has 1 rings (SSSR count). The number of benzene rings is 1. The Balaban J connectivity index is 2.26. The summed E-state index contributed by atoms with van der Waals surface area (Å²) in [6.45, 7) is 2.08. The molecule has 0 radical (unpaired) electrons. The van der Waals surface area contributed by atoms with E-state index in [4.69, 9.17) is 4.55 Å². The lowest BCUT2D eigenvalue weighted by molar-refractivity contribution is 0.331. The van der Waals surface area contributed by atoms with Gasteiger partial charge in [0.1, 0.15) is 6.17 Å². The van der Waals surface area contributed by atoms with Crippen LogP contribution in [0.25, 0.3) is 0 Å². The quantitative estimate of drug-likeness (QED) is 0.734. The van der Waals surface area contributed by atoms with E-state index in [1.807, 2.05) is 37.3 Å². The van der Waals surface area contributed by atoms with Crippen LogP contribution in [0.15, 0.2) is 30.3 Å². The molecular weight excluding hydrogens is 241 g/mol. The molecule has 5 heteroatoms. The van der Waals surface area contributed by atoms with Gasteiger partial charge in [0.15, 0.2) is 11.1 Å². The second kappa shape index (κ2) is 7.53. The van der Waals surface area contributed by atoms with Gasteiger partial charge in [0.05, 0.1) is 5.75 Å². The van der Waals surface area contributed by atoms with E-state index < -0.39 is 17.3 Å². The summed E-state index contributed by atoms with van der Waals surface area (Å²) in [7, 11) is 0. The molecule has 0 saturated carbocycles. The van der Waals surface area contributed by atoms with Gasteiger partial charge in [0.25, 0.3) is 0 Å². The SMILES string of the molecule is CC(Cc1ccccc1)NCC(F)CS(=O)O. The van der Waals surface area contributed by atoms with E-state index in [0.717, 1.165) is 6.42 Å². The average Bonchev–Trinajstić information content (AvgIpc) is 2.27. The summed E-state index contributed by atoms with van der Waals surface area (Å²) in [5, 5.41) is 3.02. The summed E-state index contributed by atoms with van der Waals surface area (Å²) in [4.78, 5) is 0. The summed E-state index contributed by atoms with van der Waals surface area (Å²) in [6.07, 6.45) is -0.463. The summed E-state index contributed by atoms with van der Waals surface area (Å²) in [5.74, 6) is -0.328. The van der Waals surface area contributed by atoms with E-state index in [0.29, 0.717) is 0 Å². The zero-order chi connectivity index (χ0) is 12.7. The third-order valence-electron chi connectivity index (χ3n) is 2.40. The lowest BCUT2D eigenvalue weighted by atomic mass is 10.1. The molecule has 0 saturated heterocycles. The van der Waals surface area contributed by atoms with Gasteiger partial charge in [0.2, 0.25) is 0 Å². The van der Waals surface area contributed by atoms with Crippen LogP contribution >= 0.6 is 0 Å². The van der Waals surface area contributed by atoms with Gasteiger partial charge in [-0.2, -0.15) is 0 Å². The number of hydrogen-bond acceptors (Lipinski definition) is 2. The number of halogens is 1. The van der Waals surface area contributed by atoms with Crippen LogP contribution in [-0.2, 0) is 17.5 Å². The first kappa shape index (κ1) is 14.3. The molecule has 1 aromatic carbocycles. The van der Waals surface area contributed by atoms with E-state index in [2.05, 4.69) is 5.32 Å². The molecule has 3 atom stereocenters. The molecule has 0 bridgehead atoms. The van der Waals surface area contributed by atoms with E-state index in [-0.39, 0.29) is 18.3 Å². The fourth-order valence-corrected chi connectivity index (χ4v) is 2.01. The Morgan fingerprint density at radius 3 is 2.65 bits per heavy atom. The van der Waals surface area contributed by atoms with Crippen molar-refractivity contribution in [1.82, 2.24) is 5.32 Å². The number of hydrogen-bond donors (Lipinski definition) is 2. The van der Waals surface area contributed by atoms with Crippen LogP contribution in [0.3, 0.4) is 0 Å². The highest BCUT2D eigenvalue weighted by atomic mass is 32.2. The van der Waals surface area contributed by atoms with Crippen LogP contribution in [0.5, 0.6) is 0 Å². The Labute approximate surface area is 104 Å². The summed E-state index contributed by atoms with van der Waals surface area (Å²) in [6, 6.07) is 10.1. The van der Waals surface area contributed by atoms with Crippen LogP contribution in [-0.4, -0.2) is 33.3 Å². The van der Waals surface area contributed by atoms with Crippen molar-refractivity contribution in [2.75, 3.05) is 12.3 Å². The van der Waals surface area contributed by atoms with E-state index in [1.54, 1.807) is 0 Å². The van der Waals surface area contributed by atoms with Crippen molar-refractivity contribution in [3.8, 4) is 0 Å². The number of nitrogens with one attached hydrogen (secondary N) is 1. The van der Waals surface area contributed by atoms with Crippen molar-refractivity contribution in [3.63, 3.8) is 0 Å². The predicted octanol–water partition coefficient (Wildman–Crippen LogP) is 1.77. The summed E-state index contributed by atoms with van der Waals surface area (Å²) < 4.78 is 32.1. The van der Waals surface area contributed by atoms with Gasteiger partial charge in [0, 0.05) is 12.6 Å². The maximum Gasteiger partial charge on any atom is 0.155 e. The van der Waals surface area contributed by atoms with Crippen LogP contribution in [0.4, 0.5) is 4.39 Å². The van der Waals surface area contributed by atoms with Crippen LogP contribution in [0.1, 0.15) is 12.5 Å². The molecule has 96 valence electrons. The van der Waals surface area contributed by atoms with Crippen molar-refractivity contribution >= 4 is 11.1 Å². The third kappa shape index (κ3) is 6.51. The molecule has 0 fully saturated rings. The van der Waals surface area contributed by atoms with Gasteiger partial charge in [-0.15, -0.1) is 0 Å². The molecule has 0 heterocycles. The molecule has 0 amide bonds. The van der Waals surface area contributed by atoms with Crippen LogP contribution in [0, 0.1) is 0 Å². The first-order valence-electron chi connectivity index (χ1n) is 5.56. The minimum absolute atomic E-state index is 0.111. The third-order valence-corrected chi connectivity index (χ3v) is 3.04. The van der Waals surface area contributed by atoms with Crippen molar-refractivity contribution in [1.29, 1.82) is 0 Å².